The van der Waals surface area contributed by atoms with Crippen LogP contribution in [0, 0.1) is 0 Å². The second kappa shape index (κ2) is 12.4. The number of imidazole rings is 1. The maximum absolute atomic E-state index is 12.3. The number of ether oxygens (including phenoxy) is 3. The van der Waals surface area contributed by atoms with E-state index < -0.39 is 84.0 Å². The zero-order valence-electron chi connectivity index (χ0n) is 21.0. The van der Waals surface area contributed by atoms with Crippen molar-refractivity contribution in [3.63, 3.8) is 0 Å². The molecule has 2 aromatic rings. The number of aromatic nitrogens is 4. The van der Waals surface area contributed by atoms with Gasteiger partial charge in [0.05, 0.1) is 19.5 Å². The summed E-state index contributed by atoms with van der Waals surface area (Å²) in [6, 6.07) is 0. The molecule has 0 bridgehead atoms. The Bertz CT molecular complexity index is 1380. The fourth-order valence-electron chi connectivity index (χ4n) is 3.97. The number of nitrogens with two attached hydrogens (primary N) is 1. The lowest BCUT2D eigenvalue weighted by Gasteiger charge is -2.22. The molecule has 2 fully saturated rings. The van der Waals surface area contributed by atoms with Crippen molar-refractivity contribution in [2.45, 2.75) is 56.1 Å². The molecular formula is C19H27N5O15P2. The number of esters is 1. The number of phosphoric acid groups is 2. The SMILES string of the molecule is C/C=C/C(=O)O[C@@H]1[C@@H](COP(=O)(O)OP(=O)(O)OC[C@H]2O[C@@H](n3cnc4c(N)ncnc43)[C@H](O)[C@@H]2O)OC(O)[C@@H]1O. The molecule has 228 valence electrons. The third kappa shape index (κ3) is 7.15. The van der Waals surface area contributed by atoms with E-state index in [-0.39, 0.29) is 17.0 Å². The van der Waals surface area contributed by atoms with E-state index in [2.05, 4.69) is 28.3 Å². The zero-order chi connectivity index (χ0) is 30.1. The van der Waals surface area contributed by atoms with Gasteiger partial charge in [-0.25, -0.2) is 28.9 Å². The van der Waals surface area contributed by atoms with Crippen LogP contribution in [0.5, 0.6) is 0 Å². The van der Waals surface area contributed by atoms with Gasteiger partial charge < -0.3 is 50.2 Å². The molecule has 0 spiro atoms. The first-order valence-electron chi connectivity index (χ1n) is 11.7. The molecule has 0 aromatic carbocycles. The number of carbonyl (C=O) groups excluding carboxylic acids is 1. The predicted octanol–water partition coefficient (Wildman–Crippen LogP) is -2.16. The number of anilines is 1. The van der Waals surface area contributed by atoms with Crippen LogP contribution in [-0.4, -0.2) is 112 Å². The summed E-state index contributed by atoms with van der Waals surface area (Å²) in [5.74, 6) is -0.869. The smallest absolute Gasteiger partial charge is 0.453 e. The lowest BCUT2D eigenvalue weighted by atomic mass is 10.1. The Balaban J connectivity index is 1.33. The van der Waals surface area contributed by atoms with Gasteiger partial charge >= 0.3 is 21.6 Å². The van der Waals surface area contributed by atoms with Gasteiger partial charge in [0.25, 0.3) is 0 Å². The molecule has 0 saturated carbocycles. The Hall–Kier alpha value is -2.42. The fourth-order valence-corrected chi connectivity index (χ4v) is 6.07. The number of allylic oxidation sites excluding steroid dienone is 1. The number of rotatable bonds is 11. The van der Waals surface area contributed by atoms with E-state index in [1.165, 1.54) is 23.9 Å². The van der Waals surface area contributed by atoms with Gasteiger partial charge in [-0.2, -0.15) is 4.31 Å². The Morgan fingerprint density at radius 1 is 1.02 bits per heavy atom. The molecular weight excluding hydrogens is 600 g/mol. The number of hydrogen-bond donors (Lipinski definition) is 7. The van der Waals surface area contributed by atoms with Crippen LogP contribution in [0.1, 0.15) is 13.2 Å². The van der Waals surface area contributed by atoms with E-state index >= 15 is 0 Å². The molecule has 2 aliphatic rings. The third-order valence-electron chi connectivity index (χ3n) is 5.87. The molecule has 4 rings (SSSR count). The number of phosphoric ester groups is 2. The van der Waals surface area contributed by atoms with Crippen molar-refractivity contribution < 1.29 is 71.7 Å². The molecule has 2 saturated heterocycles. The van der Waals surface area contributed by atoms with Gasteiger partial charge in [-0.05, 0) is 6.92 Å². The number of aliphatic hydroxyl groups is 4. The van der Waals surface area contributed by atoms with E-state index in [1.54, 1.807) is 0 Å². The van der Waals surface area contributed by atoms with Gasteiger partial charge in [-0.3, -0.25) is 13.6 Å². The number of fused-ring (bicyclic) bond motifs is 1. The van der Waals surface area contributed by atoms with E-state index in [9.17, 15) is 44.1 Å². The van der Waals surface area contributed by atoms with Crippen LogP contribution in [0.3, 0.4) is 0 Å². The molecule has 0 aliphatic carbocycles. The minimum Gasteiger partial charge on any atom is -0.453 e. The van der Waals surface area contributed by atoms with Crippen LogP contribution in [-0.2, 0) is 41.5 Å². The maximum atomic E-state index is 12.3. The number of hydrogen-bond acceptors (Lipinski definition) is 17. The Morgan fingerprint density at radius 3 is 2.34 bits per heavy atom. The molecule has 0 radical (unpaired) electrons. The molecule has 10 atom stereocenters. The molecule has 4 heterocycles. The Labute approximate surface area is 230 Å². The number of nitrogens with zero attached hydrogens (tertiary/aromatic N) is 4. The lowest BCUT2D eigenvalue weighted by Crippen LogP contribution is -2.38. The van der Waals surface area contributed by atoms with Crippen LogP contribution in [0.4, 0.5) is 5.82 Å². The van der Waals surface area contributed by atoms with Crippen LogP contribution in [0.25, 0.3) is 11.2 Å². The van der Waals surface area contributed by atoms with Crippen LogP contribution in [0.2, 0.25) is 0 Å². The van der Waals surface area contributed by atoms with Crippen molar-refractivity contribution in [3.8, 4) is 0 Å². The van der Waals surface area contributed by atoms with Crippen LogP contribution in [0.15, 0.2) is 24.8 Å². The molecule has 2 aliphatic heterocycles. The second-order valence-electron chi connectivity index (χ2n) is 8.70. The van der Waals surface area contributed by atoms with Crippen LogP contribution < -0.4 is 5.73 Å². The molecule has 22 heteroatoms. The third-order valence-corrected chi connectivity index (χ3v) is 8.47. The fraction of sp³-hybridized carbons (Fsp3) is 0.579. The first-order valence-corrected chi connectivity index (χ1v) is 14.7. The summed E-state index contributed by atoms with van der Waals surface area (Å²) >= 11 is 0. The van der Waals surface area contributed by atoms with Crippen LogP contribution >= 0.6 is 15.6 Å². The standard InChI is InChI=1S/C19H27N5O15P2/c1-2-3-10(25)38-15-9(37-19(29)14(15)28)5-35-41(32,33)39-40(30,31)34-4-8-12(26)13(27)18(36-8)24-7-23-11-16(20)21-6-22-17(11)24/h2-3,6-9,12-15,18-19,26-29H,4-5H2,1H3,(H,30,31)(H,32,33)(H2,20,21,22)/b3-2+/t8-,9-,12-,13-,14-,15-,18-,19?/m1/s1. The first kappa shape index (κ1) is 31.5. The van der Waals surface area contributed by atoms with E-state index in [0.29, 0.717) is 0 Å². The predicted molar refractivity (Wildman–Crippen MR) is 130 cm³/mol. The average Bonchev–Trinajstić information content (AvgIpc) is 3.52. The average molecular weight is 627 g/mol. The molecule has 41 heavy (non-hydrogen) atoms. The normalized spacial score (nSPS) is 33.2. The van der Waals surface area contributed by atoms with E-state index in [1.807, 2.05) is 0 Å². The summed E-state index contributed by atoms with van der Waals surface area (Å²) in [5.41, 5.74) is 6.09. The van der Waals surface area contributed by atoms with Gasteiger partial charge in [0, 0.05) is 6.08 Å². The highest BCUT2D eigenvalue weighted by molar-refractivity contribution is 7.61. The number of carbonyl (C=O) groups is 1. The molecule has 2 aromatic heterocycles. The van der Waals surface area contributed by atoms with Crippen molar-refractivity contribution in [2.24, 2.45) is 0 Å². The summed E-state index contributed by atoms with van der Waals surface area (Å²) < 4.78 is 54.8. The quantitative estimate of drug-likeness (QED) is 0.0793. The van der Waals surface area contributed by atoms with E-state index in [4.69, 9.17) is 19.9 Å². The maximum Gasteiger partial charge on any atom is 0.481 e. The highest BCUT2D eigenvalue weighted by atomic mass is 31.3. The van der Waals surface area contributed by atoms with Crippen molar-refractivity contribution >= 4 is 38.6 Å². The zero-order valence-corrected chi connectivity index (χ0v) is 22.7. The molecule has 0 amide bonds. The summed E-state index contributed by atoms with van der Waals surface area (Å²) in [5, 5.41) is 40.5. The van der Waals surface area contributed by atoms with Gasteiger partial charge in [0.1, 0.15) is 42.4 Å². The summed E-state index contributed by atoms with van der Waals surface area (Å²) in [4.78, 5) is 43.4. The van der Waals surface area contributed by atoms with Crippen molar-refractivity contribution in [3.05, 3.63) is 24.8 Å². The molecule has 3 unspecified atom stereocenters. The van der Waals surface area contributed by atoms with Crippen molar-refractivity contribution in [1.29, 1.82) is 0 Å². The summed E-state index contributed by atoms with van der Waals surface area (Å²) in [6.45, 7) is -0.333. The number of aliphatic hydroxyl groups excluding tert-OH is 4. The monoisotopic (exact) mass is 627 g/mol. The van der Waals surface area contributed by atoms with E-state index in [0.717, 1.165) is 12.4 Å². The van der Waals surface area contributed by atoms with Gasteiger partial charge in [-0.15, -0.1) is 0 Å². The summed E-state index contributed by atoms with van der Waals surface area (Å²) in [7, 11) is -10.8. The highest BCUT2D eigenvalue weighted by Gasteiger charge is 2.48. The minimum absolute atomic E-state index is 0.0488. The Kier molecular flexibility index (Phi) is 9.56. The minimum atomic E-state index is -5.38. The first-order chi connectivity index (χ1) is 19.2. The van der Waals surface area contributed by atoms with Gasteiger partial charge in [0.15, 0.2) is 30.1 Å². The lowest BCUT2D eigenvalue weighted by molar-refractivity contribution is -0.150. The van der Waals surface area contributed by atoms with Gasteiger partial charge in [0.2, 0.25) is 0 Å². The highest BCUT2D eigenvalue weighted by Crippen LogP contribution is 2.60. The largest absolute Gasteiger partial charge is 0.481 e. The summed E-state index contributed by atoms with van der Waals surface area (Å²) in [6.07, 6.45) is -7.83. The van der Waals surface area contributed by atoms with Gasteiger partial charge in [-0.1, -0.05) is 6.08 Å². The van der Waals surface area contributed by atoms with Crippen molar-refractivity contribution in [2.75, 3.05) is 18.9 Å². The second-order valence-corrected chi connectivity index (χ2v) is 11.7. The molecule has 20 nitrogen and oxygen atoms in total. The van der Waals surface area contributed by atoms with Crippen molar-refractivity contribution in [1.82, 2.24) is 19.5 Å². The number of nitrogen functional groups attached to an aromatic ring is 1. The molecule has 8 N–H and O–H groups in total. The Morgan fingerprint density at radius 2 is 1.68 bits per heavy atom. The topological polar surface area (TPSA) is 298 Å².